The maximum absolute atomic E-state index is 12.8. The summed E-state index contributed by atoms with van der Waals surface area (Å²) in [5.41, 5.74) is 10.6. The van der Waals surface area contributed by atoms with Crippen LogP contribution in [0.3, 0.4) is 0 Å². The van der Waals surface area contributed by atoms with Crippen LogP contribution in [0.5, 0.6) is 0 Å². The van der Waals surface area contributed by atoms with E-state index in [0.717, 1.165) is 6.07 Å². The number of alkyl halides is 3. The van der Waals surface area contributed by atoms with E-state index < -0.39 is 11.7 Å². The molecule has 1 aliphatic rings. The smallest absolute Gasteiger partial charge is 0.371 e. The third kappa shape index (κ3) is 2.87. The van der Waals surface area contributed by atoms with E-state index in [9.17, 15) is 18.0 Å². The summed E-state index contributed by atoms with van der Waals surface area (Å²) in [7, 11) is 0. The van der Waals surface area contributed by atoms with Gasteiger partial charge in [-0.1, -0.05) is 0 Å². The van der Waals surface area contributed by atoms with E-state index in [1.807, 2.05) is 4.90 Å². The van der Waals surface area contributed by atoms with Crippen molar-refractivity contribution in [3.8, 4) is 0 Å². The molecule has 1 amide bonds. The molecule has 1 atom stereocenters. The lowest BCUT2D eigenvalue weighted by atomic mass is 10.1. The van der Waals surface area contributed by atoms with E-state index >= 15 is 0 Å². The van der Waals surface area contributed by atoms with Crippen LogP contribution in [0.4, 0.5) is 18.9 Å². The Morgan fingerprint density at radius 2 is 2.10 bits per heavy atom. The molecule has 1 aromatic rings. The number of primary amides is 1. The van der Waals surface area contributed by atoms with Crippen LogP contribution in [0.2, 0.25) is 0 Å². The van der Waals surface area contributed by atoms with E-state index in [0.29, 0.717) is 25.2 Å². The first-order chi connectivity index (χ1) is 9.32. The van der Waals surface area contributed by atoms with Crippen molar-refractivity contribution in [2.45, 2.75) is 19.1 Å². The first-order valence-corrected chi connectivity index (χ1v) is 6.27. The van der Waals surface area contributed by atoms with Gasteiger partial charge in [-0.15, -0.1) is 0 Å². The van der Waals surface area contributed by atoms with Crippen molar-refractivity contribution in [2.75, 3.05) is 18.0 Å². The summed E-state index contributed by atoms with van der Waals surface area (Å²) in [5.74, 6) is -0.628. The molecule has 110 valence electrons. The topological polar surface area (TPSA) is 72.3 Å². The fourth-order valence-electron chi connectivity index (χ4n) is 2.45. The highest BCUT2D eigenvalue weighted by molar-refractivity contribution is 5.78. The molecule has 2 rings (SSSR count). The molecular formula is C13H16F3N3O. The number of rotatable bonds is 3. The summed E-state index contributed by atoms with van der Waals surface area (Å²) < 4.78 is 38.3. The van der Waals surface area contributed by atoms with E-state index in [4.69, 9.17) is 11.5 Å². The molecule has 4 nitrogen and oxygen atoms in total. The van der Waals surface area contributed by atoms with Gasteiger partial charge in [0.05, 0.1) is 11.5 Å². The fraction of sp³-hybridized carbons (Fsp3) is 0.462. The summed E-state index contributed by atoms with van der Waals surface area (Å²) >= 11 is 0. The number of nitrogens with zero attached hydrogens (tertiary/aromatic N) is 1. The van der Waals surface area contributed by atoms with Gasteiger partial charge in [-0.25, -0.2) is 0 Å². The minimum absolute atomic E-state index is 0.0533. The molecule has 1 aliphatic heterocycles. The van der Waals surface area contributed by atoms with Gasteiger partial charge >= 0.3 is 6.18 Å². The van der Waals surface area contributed by atoms with Crippen molar-refractivity contribution >= 4 is 11.6 Å². The zero-order valence-corrected chi connectivity index (χ0v) is 10.8. The SMILES string of the molecule is NCc1cc(N2CCC(C(N)=O)C2)ccc1C(F)(F)F. The molecule has 1 fully saturated rings. The molecule has 4 N–H and O–H groups in total. The first-order valence-electron chi connectivity index (χ1n) is 6.27. The Kier molecular flexibility index (Phi) is 3.89. The van der Waals surface area contributed by atoms with Gasteiger partial charge in [0.15, 0.2) is 0 Å². The minimum Gasteiger partial charge on any atom is -0.371 e. The second-order valence-corrected chi connectivity index (χ2v) is 4.88. The Labute approximate surface area is 114 Å². The van der Waals surface area contributed by atoms with Gasteiger partial charge in [-0.05, 0) is 30.2 Å². The van der Waals surface area contributed by atoms with Gasteiger partial charge in [-0.3, -0.25) is 4.79 Å². The zero-order chi connectivity index (χ0) is 14.9. The maximum atomic E-state index is 12.8. The van der Waals surface area contributed by atoms with Crippen LogP contribution in [0, 0.1) is 5.92 Å². The van der Waals surface area contributed by atoms with Crippen LogP contribution >= 0.6 is 0 Å². The molecule has 0 radical (unpaired) electrons. The number of hydrogen-bond donors (Lipinski definition) is 2. The number of carbonyl (C=O) groups is 1. The van der Waals surface area contributed by atoms with Crippen LogP contribution in [-0.4, -0.2) is 19.0 Å². The molecule has 0 saturated carbocycles. The van der Waals surface area contributed by atoms with Crippen molar-refractivity contribution in [1.29, 1.82) is 0 Å². The summed E-state index contributed by atoms with van der Waals surface area (Å²) in [6, 6.07) is 3.88. The van der Waals surface area contributed by atoms with Crippen LogP contribution in [0.15, 0.2) is 18.2 Å². The van der Waals surface area contributed by atoms with Crippen molar-refractivity contribution in [2.24, 2.45) is 17.4 Å². The summed E-state index contributed by atoms with van der Waals surface area (Å²) in [5, 5.41) is 0. The summed E-state index contributed by atoms with van der Waals surface area (Å²) in [6.07, 6.45) is -3.79. The largest absolute Gasteiger partial charge is 0.416 e. The maximum Gasteiger partial charge on any atom is 0.416 e. The average molecular weight is 287 g/mol. The van der Waals surface area contributed by atoms with Gasteiger partial charge in [0.2, 0.25) is 5.91 Å². The van der Waals surface area contributed by atoms with Crippen molar-refractivity contribution in [3.63, 3.8) is 0 Å². The molecule has 7 heteroatoms. The molecule has 1 unspecified atom stereocenters. The molecule has 0 aliphatic carbocycles. The number of carbonyl (C=O) groups excluding carboxylic acids is 1. The summed E-state index contributed by atoms with van der Waals surface area (Å²) in [6.45, 7) is 0.851. The number of halogens is 3. The van der Waals surface area contributed by atoms with Crippen LogP contribution in [0.25, 0.3) is 0 Å². The Bertz CT molecular complexity index is 516. The highest BCUT2D eigenvalue weighted by atomic mass is 19.4. The highest BCUT2D eigenvalue weighted by Gasteiger charge is 2.34. The summed E-state index contributed by atoms with van der Waals surface area (Å²) in [4.78, 5) is 13.0. The number of anilines is 1. The lowest BCUT2D eigenvalue weighted by Crippen LogP contribution is -2.27. The van der Waals surface area contributed by atoms with Crippen molar-refractivity contribution < 1.29 is 18.0 Å². The van der Waals surface area contributed by atoms with E-state index in [1.165, 1.54) is 12.1 Å². The van der Waals surface area contributed by atoms with Crippen molar-refractivity contribution in [1.82, 2.24) is 0 Å². The molecule has 0 bridgehead atoms. The molecule has 1 heterocycles. The van der Waals surface area contributed by atoms with Crippen LogP contribution in [0.1, 0.15) is 17.5 Å². The molecular weight excluding hydrogens is 271 g/mol. The van der Waals surface area contributed by atoms with E-state index in [1.54, 1.807) is 0 Å². The van der Waals surface area contributed by atoms with Gasteiger partial charge in [-0.2, -0.15) is 13.2 Å². The van der Waals surface area contributed by atoms with Crippen LogP contribution < -0.4 is 16.4 Å². The predicted molar refractivity (Wildman–Crippen MR) is 68.8 cm³/mol. The Hall–Kier alpha value is -1.76. The third-order valence-corrected chi connectivity index (χ3v) is 3.57. The number of benzene rings is 1. The minimum atomic E-state index is -4.41. The molecule has 20 heavy (non-hydrogen) atoms. The van der Waals surface area contributed by atoms with Crippen molar-refractivity contribution in [3.05, 3.63) is 29.3 Å². The average Bonchev–Trinajstić information content (AvgIpc) is 2.86. The third-order valence-electron chi connectivity index (χ3n) is 3.57. The van der Waals surface area contributed by atoms with E-state index in [-0.39, 0.29) is 23.9 Å². The van der Waals surface area contributed by atoms with E-state index in [2.05, 4.69) is 0 Å². The number of hydrogen-bond acceptors (Lipinski definition) is 3. The standard InChI is InChI=1S/C13H16F3N3O/c14-13(15,16)11-2-1-10(5-9(11)6-17)19-4-3-8(7-19)12(18)20/h1-2,5,8H,3-4,6-7,17H2,(H2,18,20). The molecule has 0 spiro atoms. The van der Waals surface area contributed by atoms with Gasteiger partial charge in [0, 0.05) is 25.3 Å². The lowest BCUT2D eigenvalue weighted by molar-refractivity contribution is -0.138. The lowest BCUT2D eigenvalue weighted by Gasteiger charge is -2.21. The molecule has 1 saturated heterocycles. The monoisotopic (exact) mass is 287 g/mol. The fourth-order valence-corrected chi connectivity index (χ4v) is 2.45. The van der Waals surface area contributed by atoms with Gasteiger partial charge in [0.25, 0.3) is 0 Å². The highest BCUT2D eigenvalue weighted by Crippen LogP contribution is 2.34. The Balaban J connectivity index is 2.25. The first kappa shape index (κ1) is 14.6. The Morgan fingerprint density at radius 3 is 2.60 bits per heavy atom. The zero-order valence-electron chi connectivity index (χ0n) is 10.8. The predicted octanol–water partition coefficient (Wildman–Crippen LogP) is 1.48. The second-order valence-electron chi connectivity index (χ2n) is 4.88. The quantitative estimate of drug-likeness (QED) is 0.884. The number of amides is 1. The molecule has 1 aromatic carbocycles. The van der Waals surface area contributed by atoms with Crippen LogP contribution in [-0.2, 0) is 17.5 Å². The van der Waals surface area contributed by atoms with Gasteiger partial charge < -0.3 is 16.4 Å². The van der Waals surface area contributed by atoms with Gasteiger partial charge in [0.1, 0.15) is 0 Å². The Morgan fingerprint density at radius 1 is 1.40 bits per heavy atom. The molecule has 0 aromatic heterocycles. The second kappa shape index (κ2) is 5.32. The number of nitrogens with two attached hydrogens (primary N) is 2. The normalized spacial score (nSPS) is 19.4.